The van der Waals surface area contributed by atoms with E-state index in [1.807, 2.05) is 6.19 Å². The highest BCUT2D eigenvalue weighted by molar-refractivity contribution is 7.07. The van der Waals surface area contributed by atoms with Crippen LogP contribution in [0.3, 0.4) is 0 Å². The molecule has 1 aliphatic rings. The lowest BCUT2D eigenvalue weighted by Gasteiger charge is -2.26. The Morgan fingerprint density at radius 2 is 2.28 bits per heavy atom. The predicted molar refractivity (Wildman–Crippen MR) is 100 cm³/mol. The van der Waals surface area contributed by atoms with Crippen molar-refractivity contribution in [3.63, 3.8) is 0 Å². The molecule has 3 rings (SSSR count). The first-order valence-electron chi connectivity index (χ1n) is 8.12. The van der Waals surface area contributed by atoms with Crippen LogP contribution in [0, 0.1) is 24.3 Å². The van der Waals surface area contributed by atoms with Gasteiger partial charge in [-0.1, -0.05) is 18.0 Å². The molecule has 25 heavy (non-hydrogen) atoms. The van der Waals surface area contributed by atoms with Gasteiger partial charge in [0.15, 0.2) is 10.6 Å². The number of hydrogen-bond donors (Lipinski definition) is 0. The van der Waals surface area contributed by atoms with Gasteiger partial charge < -0.3 is 9.30 Å². The smallest absolute Gasteiger partial charge is 0.207 e. The normalized spacial score (nSPS) is 15.8. The molecule has 1 aromatic heterocycles. The summed E-state index contributed by atoms with van der Waals surface area (Å²) < 4.78 is 7.59. The minimum Gasteiger partial charge on any atom is -0.496 e. The fourth-order valence-corrected chi connectivity index (χ4v) is 3.86. The zero-order chi connectivity index (χ0) is 17.8. The second-order valence-corrected chi connectivity index (χ2v) is 7.33. The Labute approximate surface area is 155 Å². The molecule has 0 radical (unpaired) electrons. The molecule has 1 saturated carbocycles. The van der Waals surface area contributed by atoms with Crippen molar-refractivity contribution in [2.75, 3.05) is 7.11 Å². The van der Waals surface area contributed by atoms with Crippen LogP contribution in [0.5, 0.6) is 5.75 Å². The maximum Gasteiger partial charge on any atom is 0.207 e. The number of nitrogens with zero attached hydrogens (tertiary/aromatic N) is 4. The maximum absolute atomic E-state index is 9.10. The molecule has 0 atom stereocenters. The van der Waals surface area contributed by atoms with E-state index in [1.54, 1.807) is 36.6 Å². The van der Waals surface area contributed by atoms with Gasteiger partial charge in [0.25, 0.3) is 0 Å². The molecule has 1 heterocycles. The molecule has 1 aliphatic carbocycles. The number of thiazole rings is 1. The Hall–Kier alpha value is -2.10. The highest BCUT2D eigenvalue weighted by Gasteiger charge is 2.19. The van der Waals surface area contributed by atoms with Crippen LogP contribution in [0.1, 0.15) is 30.5 Å². The van der Waals surface area contributed by atoms with Gasteiger partial charge in [-0.25, -0.2) is 0 Å². The molecule has 0 N–H and O–H groups in total. The fraction of sp³-hybridized carbons (Fsp3) is 0.389. The van der Waals surface area contributed by atoms with E-state index in [4.69, 9.17) is 21.6 Å². The van der Waals surface area contributed by atoms with Gasteiger partial charge in [0.05, 0.1) is 12.7 Å². The van der Waals surface area contributed by atoms with E-state index in [0.717, 1.165) is 11.3 Å². The van der Waals surface area contributed by atoms with Crippen molar-refractivity contribution in [2.45, 2.75) is 32.7 Å². The van der Waals surface area contributed by atoms with Gasteiger partial charge in [-0.15, -0.1) is 11.3 Å². The largest absolute Gasteiger partial charge is 0.496 e. The molecule has 0 spiro atoms. The van der Waals surface area contributed by atoms with Crippen molar-refractivity contribution < 1.29 is 4.74 Å². The van der Waals surface area contributed by atoms with Gasteiger partial charge in [0.1, 0.15) is 5.75 Å². The van der Waals surface area contributed by atoms with E-state index >= 15 is 0 Å². The Balaban J connectivity index is 2.07. The first-order valence-corrected chi connectivity index (χ1v) is 9.38. The van der Waals surface area contributed by atoms with E-state index < -0.39 is 0 Å². The predicted octanol–water partition coefficient (Wildman–Crippen LogP) is 4.15. The monoisotopic (exact) mass is 374 g/mol. The number of aliphatic imine (C=N–C) groups is 1. The Morgan fingerprint density at radius 3 is 2.92 bits per heavy atom. The number of aromatic nitrogens is 1. The van der Waals surface area contributed by atoms with Gasteiger partial charge in [-0.3, -0.25) is 0 Å². The van der Waals surface area contributed by atoms with Crippen molar-refractivity contribution in [3.05, 3.63) is 44.7 Å². The van der Waals surface area contributed by atoms with Gasteiger partial charge in [-0.05, 0) is 43.9 Å². The lowest BCUT2D eigenvalue weighted by molar-refractivity contribution is 0.273. The SMILES string of the molecule is COc1ccc(Cl)cc1C(=NC#N)N=c1scc(C)n1CC1CCC1. The number of hydrogen-bond acceptors (Lipinski definition) is 4. The average Bonchev–Trinajstić information content (AvgIpc) is 2.90. The summed E-state index contributed by atoms with van der Waals surface area (Å²) in [5.41, 5.74) is 1.78. The number of methoxy groups -OCH3 is 1. The highest BCUT2D eigenvalue weighted by atomic mass is 35.5. The van der Waals surface area contributed by atoms with Crippen LogP contribution in [-0.2, 0) is 6.54 Å². The quantitative estimate of drug-likeness (QED) is 0.458. The average molecular weight is 375 g/mol. The van der Waals surface area contributed by atoms with Crippen LogP contribution >= 0.6 is 22.9 Å². The van der Waals surface area contributed by atoms with Crippen molar-refractivity contribution in [2.24, 2.45) is 15.9 Å². The molecule has 0 amide bonds. The van der Waals surface area contributed by atoms with Crippen LogP contribution in [0.15, 0.2) is 33.6 Å². The summed E-state index contributed by atoms with van der Waals surface area (Å²) in [7, 11) is 1.57. The second kappa shape index (κ2) is 7.85. The number of amidine groups is 1. The van der Waals surface area contributed by atoms with Crippen molar-refractivity contribution in [1.82, 2.24) is 4.57 Å². The van der Waals surface area contributed by atoms with Gasteiger partial charge in [0.2, 0.25) is 6.19 Å². The third-order valence-corrected chi connectivity index (χ3v) is 5.63. The summed E-state index contributed by atoms with van der Waals surface area (Å²) in [5.74, 6) is 1.61. The third kappa shape index (κ3) is 3.94. The topological polar surface area (TPSA) is 62.7 Å². The summed E-state index contributed by atoms with van der Waals surface area (Å²) in [6, 6.07) is 5.21. The van der Waals surface area contributed by atoms with E-state index in [0.29, 0.717) is 28.1 Å². The first kappa shape index (κ1) is 17.7. The van der Waals surface area contributed by atoms with E-state index in [1.165, 1.54) is 25.0 Å². The standard InChI is InChI=1S/C18H19ClN4OS/c1-12-10-25-18(23(12)9-13-4-3-5-13)22-17(21-11-20)15-8-14(19)6-7-16(15)24-2/h6-8,10,13H,3-5,9H2,1-2H3. The van der Waals surface area contributed by atoms with Crippen molar-refractivity contribution >= 4 is 28.8 Å². The van der Waals surface area contributed by atoms with E-state index in [-0.39, 0.29) is 0 Å². The van der Waals surface area contributed by atoms with Crippen molar-refractivity contribution in [1.29, 1.82) is 5.26 Å². The zero-order valence-electron chi connectivity index (χ0n) is 14.2. The number of aryl methyl sites for hydroxylation is 1. The molecule has 2 aromatic rings. The molecule has 0 aliphatic heterocycles. The van der Waals surface area contributed by atoms with Gasteiger partial charge >= 0.3 is 0 Å². The van der Waals surface area contributed by atoms with Crippen LogP contribution in [0.2, 0.25) is 5.02 Å². The van der Waals surface area contributed by atoms with E-state index in [9.17, 15) is 0 Å². The van der Waals surface area contributed by atoms with Gasteiger partial charge in [-0.2, -0.15) is 15.2 Å². The molecule has 1 fully saturated rings. The fourth-order valence-electron chi connectivity index (χ4n) is 2.80. The number of ether oxygens (including phenoxy) is 1. The molecule has 0 unspecified atom stereocenters. The molecule has 7 heteroatoms. The summed E-state index contributed by atoms with van der Waals surface area (Å²) in [6.07, 6.45) is 5.68. The number of nitriles is 1. The minimum atomic E-state index is 0.311. The molecule has 0 saturated heterocycles. The van der Waals surface area contributed by atoms with Crippen LogP contribution in [0.25, 0.3) is 0 Å². The summed E-state index contributed by atoms with van der Waals surface area (Å²) >= 11 is 7.67. The molecule has 0 bridgehead atoms. The Kier molecular flexibility index (Phi) is 5.57. The van der Waals surface area contributed by atoms with Crippen molar-refractivity contribution in [3.8, 4) is 11.9 Å². The lowest BCUT2D eigenvalue weighted by atomic mass is 9.85. The van der Waals surface area contributed by atoms with E-state index in [2.05, 4.69) is 26.9 Å². The second-order valence-electron chi connectivity index (χ2n) is 6.06. The molecule has 1 aromatic carbocycles. The van der Waals surface area contributed by atoms with Crippen LogP contribution in [-0.4, -0.2) is 17.5 Å². The van der Waals surface area contributed by atoms with Crippen LogP contribution in [0.4, 0.5) is 0 Å². The van der Waals surface area contributed by atoms with Crippen LogP contribution < -0.4 is 9.54 Å². The lowest BCUT2D eigenvalue weighted by Crippen LogP contribution is -2.26. The highest BCUT2D eigenvalue weighted by Crippen LogP contribution is 2.28. The van der Waals surface area contributed by atoms with Gasteiger partial charge in [0, 0.05) is 22.6 Å². The Bertz CT molecular complexity index is 903. The summed E-state index contributed by atoms with van der Waals surface area (Å²) in [6.45, 7) is 3.04. The number of halogens is 1. The summed E-state index contributed by atoms with van der Waals surface area (Å²) in [4.78, 5) is 9.42. The molecule has 5 nitrogen and oxygen atoms in total. The molecular weight excluding hydrogens is 356 g/mol. The summed E-state index contributed by atoms with van der Waals surface area (Å²) in [5, 5.41) is 11.7. The maximum atomic E-state index is 9.10. The number of rotatable bonds is 4. The first-order chi connectivity index (χ1) is 12.1. The Morgan fingerprint density at radius 1 is 1.48 bits per heavy atom. The third-order valence-electron chi connectivity index (χ3n) is 4.42. The molecule has 130 valence electrons. The number of benzene rings is 1. The minimum absolute atomic E-state index is 0.311. The zero-order valence-corrected chi connectivity index (χ0v) is 15.8. The molecular formula is C18H19ClN4OS.